The highest BCUT2D eigenvalue weighted by atomic mass is 19.1. The van der Waals surface area contributed by atoms with Crippen LogP contribution in [0.15, 0.2) is 42.5 Å². The molecule has 0 aliphatic rings. The van der Waals surface area contributed by atoms with Crippen LogP contribution in [0.3, 0.4) is 0 Å². The fraction of sp³-hybridized carbons (Fsp3) is 0.176. The normalized spacial score (nSPS) is 10.0. The van der Waals surface area contributed by atoms with Gasteiger partial charge >= 0.3 is 0 Å². The number of amides is 2. The standard InChI is InChI=1S/C17H17FN2O3/c1-3-23-16-9-8-14(10-15(16)18)20-17(22)12-4-6-13(7-5-12)19-11(2)21/h4-10H,3H2,1-2H3,(H,19,21)(H,20,22). The number of halogens is 1. The lowest BCUT2D eigenvalue weighted by molar-refractivity contribution is -0.114. The summed E-state index contributed by atoms with van der Waals surface area (Å²) in [5.74, 6) is -0.953. The monoisotopic (exact) mass is 316 g/mol. The van der Waals surface area contributed by atoms with Crippen LogP contribution in [0.2, 0.25) is 0 Å². The Morgan fingerprint density at radius 3 is 2.26 bits per heavy atom. The molecule has 0 spiro atoms. The van der Waals surface area contributed by atoms with Gasteiger partial charge in [-0.05, 0) is 43.3 Å². The Balaban J connectivity index is 2.06. The molecule has 0 aliphatic carbocycles. The Hall–Kier alpha value is -2.89. The van der Waals surface area contributed by atoms with Crippen LogP contribution in [0, 0.1) is 5.82 Å². The van der Waals surface area contributed by atoms with Gasteiger partial charge in [-0.2, -0.15) is 0 Å². The van der Waals surface area contributed by atoms with E-state index in [1.807, 2.05) is 0 Å². The summed E-state index contributed by atoms with van der Waals surface area (Å²) < 4.78 is 18.9. The second kappa shape index (κ2) is 7.40. The van der Waals surface area contributed by atoms with Gasteiger partial charge in [-0.3, -0.25) is 9.59 Å². The lowest BCUT2D eigenvalue weighted by Gasteiger charge is -2.09. The number of hydrogen-bond acceptors (Lipinski definition) is 3. The predicted octanol–water partition coefficient (Wildman–Crippen LogP) is 3.44. The molecule has 2 rings (SSSR count). The molecular formula is C17H17FN2O3. The lowest BCUT2D eigenvalue weighted by Crippen LogP contribution is -2.12. The van der Waals surface area contributed by atoms with Crippen LogP contribution in [0.1, 0.15) is 24.2 Å². The number of benzene rings is 2. The first-order chi connectivity index (χ1) is 11.0. The molecule has 0 radical (unpaired) electrons. The van der Waals surface area contributed by atoms with Gasteiger partial charge in [0.25, 0.3) is 5.91 Å². The highest BCUT2D eigenvalue weighted by Gasteiger charge is 2.09. The summed E-state index contributed by atoms with van der Waals surface area (Å²) in [4.78, 5) is 23.1. The zero-order valence-corrected chi connectivity index (χ0v) is 12.9. The maximum atomic E-state index is 13.7. The molecular weight excluding hydrogens is 299 g/mol. The van der Waals surface area contributed by atoms with E-state index in [1.165, 1.54) is 19.1 Å². The van der Waals surface area contributed by atoms with Gasteiger partial charge < -0.3 is 15.4 Å². The number of carbonyl (C=O) groups is 2. The topological polar surface area (TPSA) is 67.4 Å². The summed E-state index contributed by atoms with van der Waals surface area (Å²) in [5.41, 5.74) is 1.33. The number of nitrogens with one attached hydrogen (secondary N) is 2. The second-order valence-corrected chi connectivity index (χ2v) is 4.79. The Labute approximate surface area is 133 Å². The lowest BCUT2D eigenvalue weighted by atomic mass is 10.2. The van der Waals surface area contributed by atoms with E-state index in [0.29, 0.717) is 23.5 Å². The van der Waals surface area contributed by atoms with Crippen molar-refractivity contribution in [1.82, 2.24) is 0 Å². The van der Waals surface area contributed by atoms with Crippen molar-refractivity contribution in [3.8, 4) is 5.75 Å². The van der Waals surface area contributed by atoms with Crippen molar-refractivity contribution in [3.05, 3.63) is 53.8 Å². The minimum Gasteiger partial charge on any atom is -0.491 e. The van der Waals surface area contributed by atoms with E-state index in [1.54, 1.807) is 37.3 Å². The van der Waals surface area contributed by atoms with Crippen LogP contribution >= 0.6 is 0 Å². The fourth-order valence-electron chi connectivity index (χ4n) is 1.96. The van der Waals surface area contributed by atoms with Crippen LogP contribution < -0.4 is 15.4 Å². The Kier molecular flexibility index (Phi) is 5.30. The maximum absolute atomic E-state index is 13.7. The maximum Gasteiger partial charge on any atom is 0.255 e. The summed E-state index contributed by atoms with van der Waals surface area (Å²) in [6, 6.07) is 10.6. The summed E-state index contributed by atoms with van der Waals surface area (Å²) in [6.07, 6.45) is 0. The molecule has 2 amide bonds. The van der Waals surface area contributed by atoms with Crippen LogP contribution in [0.25, 0.3) is 0 Å². The summed E-state index contributed by atoms with van der Waals surface area (Å²) in [6.45, 7) is 3.53. The molecule has 2 aromatic rings. The van der Waals surface area contributed by atoms with Gasteiger partial charge in [0.15, 0.2) is 11.6 Å². The zero-order chi connectivity index (χ0) is 16.8. The van der Waals surface area contributed by atoms with E-state index in [9.17, 15) is 14.0 Å². The van der Waals surface area contributed by atoms with Gasteiger partial charge in [0.2, 0.25) is 5.91 Å². The molecule has 0 aromatic heterocycles. The van der Waals surface area contributed by atoms with Gasteiger partial charge in [0.05, 0.1) is 6.61 Å². The first-order valence-electron chi connectivity index (χ1n) is 7.11. The van der Waals surface area contributed by atoms with E-state index < -0.39 is 5.82 Å². The summed E-state index contributed by atoms with van der Waals surface area (Å²) >= 11 is 0. The number of carbonyl (C=O) groups excluding carboxylic acids is 2. The van der Waals surface area contributed by atoms with Crippen molar-refractivity contribution in [1.29, 1.82) is 0 Å². The van der Waals surface area contributed by atoms with E-state index >= 15 is 0 Å². The molecule has 0 bridgehead atoms. The molecule has 0 heterocycles. The first-order valence-corrected chi connectivity index (χ1v) is 7.11. The van der Waals surface area contributed by atoms with Gasteiger partial charge in [0, 0.05) is 29.9 Å². The van der Waals surface area contributed by atoms with Gasteiger partial charge in [0.1, 0.15) is 0 Å². The molecule has 2 aromatic carbocycles. The van der Waals surface area contributed by atoms with E-state index in [-0.39, 0.29) is 17.6 Å². The van der Waals surface area contributed by atoms with Crippen molar-refractivity contribution in [2.45, 2.75) is 13.8 Å². The molecule has 120 valence electrons. The summed E-state index contributed by atoms with van der Waals surface area (Å²) in [5, 5.41) is 5.22. The predicted molar refractivity (Wildman–Crippen MR) is 86.3 cm³/mol. The Morgan fingerprint density at radius 2 is 1.70 bits per heavy atom. The largest absolute Gasteiger partial charge is 0.491 e. The van der Waals surface area contributed by atoms with Crippen molar-refractivity contribution >= 4 is 23.2 Å². The minimum absolute atomic E-state index is 0.144. The quantitative estimate of drug-likeness (QED) is 0.888. The average molecular weight is 316 g/mol. The number of rotatable bonds is 5. The highest BCUT2D eigenvalue weighted by Crippen LogP contribution is 2.21. The van der Waals surface area contributed by atoms with Crippen LogP contribution in [0.5, 0.6) is 5.75 Å². The third-order valence-corrected chi connectivity index (χ3v) is 2.96. The number of ether oxygens (including phenoxy) is 1. The molecule has 0 unspecified atom stereocenters. The fourth-order valence-corrected chi connectivity index (χ4v) is 1.96. The molecule has 0 fully saturated rings. The summed E-state index contributed by atoms with van der Waals surface area (Å²) in [7, 11) is 0. The van der Waals surface area contributed by atoms with E-state index in [4.69, 9.17) is 4.74 Å². The molecule has 0 atom stereocenters. The van der Waals surface area contributed by atoms with Gasteiger partial charge in [-0.15, -0.1) is 0 Å². The van der Waals surface area contributed by atoms with Crippen molar-refractivity contribution in [3.63, 3.8) is 0 Å². The zero-order valence-electron chi connectivity index (χ0n) is 12.9. The van der Waals surface area contributed by atoms with Gasteiger partial charge in [-0.1, -0.05) is 0 Å². The molecule has 0 saturated carbocycles. The third kappa shape index (κ3) is 4.54. The molecule has 23 heavy (non-hydrogen) atoms. The third-order valence-electron chi connectivity index (χ3n) is 2.96. The van der Waals surface area contributed by atoms with Crippen LogP contribution in [-0.4, -0.2) is 18.4 Å². The smallest absolute Gasteiger partial charge is 0.255 e. The van der Waals surface area contributed by atoms with Crippen molar-refractivity contribution in [2.24, 2.45) is 0 Å². The molecule has 6 heteroatoms. The highest BCUT2D eigenvalue weighted by molar-refractivity contribution is 6.04. The SMILES string of the molecule is CCOc1ccc(NC(=O)c2ccc(NC(C)=O)cc2)cc1F. The van der Waals surface area contributed by atoms with Crippen LogP contribution in [0.4, 0.5) is 15.8 Å². The van der Waals surface area contributed by atoms with Crippen LogP contribution in [-0.2, 0) is 4.79 Å². The number of hydrogen-bond donors (Lipinski definition) is 2. The van der Waals surface area contributed by atoms with Gasteiger partial charge in [-0.25, -0.2) is 4.39 Å². The molecule has 0 aliphatic heterocycles. The molecule has 5 nitrogen and oxygen atoms in total. The number of anilines is 2. The Morgan fingerprint density at radius 1 is 1.04 bits per heavy atom. The minimum atomic E-state index is -0.536. The van der Waals surface area contributed by atoms with E-state index in [2.05, 4.69) is 10.6 Å². The van der Waals surface area contributed by atoms with Crippen molar-refractivity contribution < 1.29 is 18.7 Å². The van der Waals surface area contributed by atoms with E-state index in [0.717, 1.165) is 0 Å². The van der Waals surface area contributed by atoms with Crippen molar-refractivity contribution in [2.75, 3.05) is 17.2 Å². The molecule has 0 saturated heterocycles. The Bertz CT molecular complexity index is 714. The first kappa shape index (κ1) is 16.5. The average Bonchev–Trinajstić information content (AvgIpc) is 2.50. The second-order valence-electron chi connectivity index (χ2n) is 4.79. The molecule has 2 N–H and O–H groups in total.